The summed E-state index contributed by atoms with van der Waals surface area (Å²) in [6, 6.07) is 4.21. The van der Waals surface area contributed by atoms with Gasteiger partial charge in [-0.15, -0.1) is 0 Å². The van der Waals surface area contributed by atoms with Crippen molar-refractivity contribution in [2.75, 3.05) is 0 Å². The zero-order chi connectivity index (χ0) is 14.0. The minimum atomic E-state index is -5.67. The van der Waals surface area contributed by atoms with E-state index in [9.17, 15) is 27.1 Å². The van der Waals surface area contributed by atoms with Gasteiger partial charge >= 0.3 is 12.1 Å². The molecule has 1 aromatic carbocycles. The first-order valence-electron chi connectivity index (χ1n) is 5.43. The number of hydrogen-bond acceptors (Lipinski definition) is 1. The molecule has 1 atom stereocenters. The van der Waals surface area contributed by atoms with Gasteiger partial charge in [0.2, 0.25) is 0 Å². The summed E-state index contributed by atoms with van der Waals surface area (Å²) in [6.45, 7) is 1.70. The fraction of sp³-hybridized carbons (Fsp3) is 0.500. The smallest absolute Gasteiger partial charge is 0.388 e. The summed E-state index contributed by atoms with van der Waals surface area (Å²) in [7, 11) is 0. The minimum Gasteiger partial charge on any atom is -0.388 e. The molecule has 0 aliphatic carbocycles. The van der Waals surface area contributed by atoms with Crippen molar-refractivity contribution in [2.24, 2.45) is 0 Å². The molecule has 0 aromatic heterocycles. The second-order valence-electron chi connectivity index (χ2n) is 3.96. The summed E-state index contributed by atoms with van der Waals surface area (Å²) in [5, 5.41) is 9.63. The molecule has 0 saturated carbocycles. The number of benzene rings is 1. The topological polar surface area (TPSA) is 20.2 Å². The van der Waals surface area contributed by atoms with E-state index < -0.39 is 23.8 Å². The highest BCUT2D eigenvalue weighted by Crippen LogP contribution is 2.46. The molecule has 0 spiro atoms. The van der Waals surface area contributed by atoms with E-state index in [4.69, 9.17) is 0 Å². The summed E-state index contributed by atoms with van der Waals surface area (Å²) >= 11 is 0. The highest BCUT2D eigenvalue weighted by atomic mass is 19.4. The van der Waals surface area contributed by atoms with Gasteiger partial charge in [0.15, 0.2) is 0 Å². The van der Waals surface area contributed by atoms with Crippen molar-refractivity contribution in [3.63, 3.8) is 0 Å². The van der Waals surface area contributed by atoms with Crippen molar-refractivity contribution in [3.05, 3.63) is 35.4 Å². The Hall–Kier alpha value is -1.17. The maximum Gasteiger partial charge on any atom is 0.458 e. The molecule has 0 fully saturated rings. The van der Waals surface area contributed by atoms with Crippen LogP contribution in [0, 0.1) is 0 Å². The Morgan fingerprint density at radius 2 is 1.67 bits per heavy atom. The Balaban J connectivity index is 3.25. The van der Waals surface area contributed by atoms with Crippen molar-refractivity contribution in [3.8, 4) is 0 Å². The van der Waals surface area contributed by atoms with Crippen LogP contribution in [0.15, 0.2) is 24.3 Å². The third kappa shape index (κ3) is 2.80. The van der Waals surface area contributed by atoms with Gasteiger partial charge in [-0.1, -0.05) is 37.6 Å². The number of halogens is 5. The summed E-state index contributed by atoms with van der Waals surface area (Å²) in [5.74, 6) is -4.96. The third-order valence-corrected chi connectivity index (χ3v) is 2.58. The van der Waals surface area contributed by atoms with Crippen LogP contribution in [0.1, 0.15) is 37.0 Å². The second-order valence-corrected chi connectivity index (χ2v) is 3.96. The van der Waals surface area contributed by atoms with Crippen LogP contribution < -0.4 is 0 Å². The molecule has 18 heavy (non-hydrogen) atoms. The largest absolute Gasteiger partial charge is 0.458 e. The van der Waals surface area contributed by atoms with Gasteiger partial charge in [-0.05, 0) is 12.0 Å². The van der Waals surface area contributed by atoms with Gasteiger partial charge in [0.25, 0.3) is 0 Å². The Morgan fingerprint density at radius 1 is 1.11 bits per heavy atom. The molecule has 0 amide bonds. The summed E-state index contributed by atoms with van der Waals surface area (Å²) in [6.07, 6.45) is -6.38. The van der Waals surface area contributed by atoms with Crippen molar-refractivity contribution < 1.29 is 27.1 Å². The predicted molar refractivity (Wildman–Crippen MR) is 56.3 cm³/mol. The van der Waals surface area contributed by atoms with Crippen LogP contribution in [0.25, 0.3) is 0 Å². The van der Waals surface area contributed by atoms with Crippen LogP contribution in [-0.4, -0.2) is 11.3 Å². The minimum absolute atomic E-state index is 0.130. The van der Waals surface area contributed by atoms with Crippen LogP contribution in [0.5, 0.6) is 0 Å². The molecular weight excluding hydrogens is 255 g/mol. The van der Waals surface area contributed by atoms with E-state index in [0.717, 1.165) is 12.1 Å². The van der Waals surface area contributed by atoms with E-state index in [2.05, 4.69) is 0 Å². The van der Waals surface area contributed by atoms with E-state index >= 15 is 0 Å². The Labute approximate surface area is 101 Å². The van der Waals surface area contributed by atoms with Gasteiger partial charge < -0.3 is 5.11 Å². The fourth-order valence-electron chi connectivity index (χ4n) is 1.66. The van der Waals surface area contributed by atoms with Crippen molar-refractivity contribution >= 4 is 0 Å². The van der Waals surface area contributed by atoms with E-state index in [-0.39, 0.29) is 12.0 Å². The Bertz CT molecular complexity index is 400. The molecular formula is C12H13F5O. The lowest BCUT2D eigenvalue weighted by atomic mass is 9.95. The van der Waals surface area contributed by atoms with Crippen LogP contribution >= 0.6 is 0 Å². The quantitative estimate of drug-likeness (QED) is 0.812. The first-order valence-corrected chi connectivity index (χ1v) is 5.43. The third-order valence-electron chi connectivity index (χ3n) is 2.58. The highest BCUT2D eigenvalue weighted by Gasteiger charge is 2.59. The lowest BCUT2D eigenvalue weighted by Gasteiger charge is -2.24. The molecule has 1 nitrogen and oxygen atoms in total. The average molecular weight is 268 g/mol. The summed E-state index contributed by atoms with van der Waals surface area (Å²) < 4.78 is 63.5. The number of hydrogen-bond donors (Lipinski definition) is 1. The van der Waals surface area contributed by atoms with E-state index in [1.807, 2.05) is 0 Å². The SMILES string of the molecule is CCCC(O)c1ccccc1C(F)(F)C(F)(F)F. The average Bonchev–Trinajstić information content (AvgIpc) is 2.28. The Kier molecular flexibility index (Phi) is 4.32. The first-order chi connectivity index (χ1) is 8.21. The zero-order valence-electron chi connectivity index (χ0n) is 9.64. The van der Waals surface area contributed by atoms with Crippen molar-refractivity contribution in [1.29, 1.82) is 0 Å². The molecule has 0 aliphatic rings. The van der Waals surface area contributed by atoms with E-state index in [1.165, 1.54) is 6.07 Å². The van der Waals surface area contributed by atoms with Gasteiger partial charge in [0.1, 0.15) is 0 Å². The summed E-state index contributed by atoms with van der Waals surface area (Å²) in [4.78, 5) is 0. The summed E-state index contributed by atoms with van der Waals surface area (Å²) in [5.41, 5.74) is -1.56. The van der Waals surface area contributed by atoms with Crippen LogP contribution in [0.3, 0.4) is 0 Å². The number of aliphatic hydroxyl groups excluding tert-OH is 1. The molecule has 1 N–H and O–H groups in total. The molecule has 1 aromatic rings. The second kappa shape index (κ2) is 5.22. The van der Waals surface area contributed by atoms with Crippen LogP contribution in [0.2, 0.25) is 0 Å². The van der Waals surface area contributed by atoms with Crippen LogP contribution in [0.4, 0.5) is 22.0 Å². The van der Waals surface area contributed by atoms with Gasteiger partial charge in [-0.25, -0.2) is 0 Å². The van der Waals surface area contributed by atoms with E-state index in [0.29, 0.717) is 12.5 Å². The van der Waals surface area contributed by atoms with Crippen molar-refractivity contribution in [1.82, 2.24) is 0 Å². The first kappa shape index (κ1) is 14.9. The molecule has 1 rings (SSSR count). The normalized spacial score (nSPS) is 14.6. The van der Waals surface area contributed by atoms with Crippen molar-refractivity contribution in [2.45, 2.75) is 38.0 Å². The van der Waals surface area contributed by atoms with Gasteiger partial charge in [-0.2, -0.15) is 22.0 Å². The molecule has 6 heteroatoms. The molecule has 0 bridgehead atoms. The van der Waals surface area contributed by atoms with Gasteiger partial charge in [0.05, 0.1) is 6.10 Å². The molecule has 102 valence electrons. The number of aliphatic hydroxyl groups is 1. The van der Waals surface area contributed by atoms with Gasteiger partial charge in [0, 0.05) is 5.56 Å². The number of alkyl halides is 5. The lowest BCUT2D eigenvalue weighted by molar-refractivity contribution is -0.289. The zero-order valence-corrected chi connectivity index (χ0v) is 9.64. The Morgan fingerprint density at radius 3 is 2.17 bits per heavy atom. The molecule has 1 unspecified atom stereocenters. The van der Waals surface area contributed by atoms with Gasteiger partial charge in [-0.3, -0.25) is 0 Å². The molecule has 0 saturated heterocycles. The molecule has 0 radical (unpaired) electrons. The molecule has 0 heterocycles. The standard InChI is InChI=1S/C12H13F5O/c1-2-5-10(18)8-6-3-4-7-9(8)11(13,14)12(15,16)17/h3-4,6-7,10,18H,2,5H2,1H3. The fourth-order valence-corrected chi connectivity index (χ4v) is 1.66. The highest BCUT2D eigenvalue weighted by molar-refractivity contribution is 5.33. The predicted octanol–water partition coefficient (Wildman–Crippen LogP) is 4.17. The maximum absolute atomic E-state index is 13.3. The maximum atomic E-state index is 13.3. The van der Waals surface area contributed by atoms with E-state index in [1.54, 1.807) is 6.92 Å². The van der Waals surface area contributed by atoms with Crippen LogP contribution in [-0.2, 0) is 5.92 Å². The monoisotopic (exact) mass is 268 g/mol. The number of rotatable bonds is 4. The molecule has 0 aliphatic heterocycles. The lowest BCUT2D eigenvalue weighted by Crippen LogP contribution is -2.34.